The Balaban J connectivity index is -0.00000145. The third-order valence-corrected chi connectivity index (χ3v) is 4.79. The van der Waals surface area contributed by atoms with Crippen LogP contribution in [0.5, 0.6) is 0 Å². The highest BCUT2D eigenvalue weighted by Gasteiger charge is 1.99. The molecule has 2 amide bonds. The molecule has 0 aromatic rings. The van der Waals surface area contributed by atoms with Crippen molar-refractivity contribution in [1.82, 2.24) is 10.6 Å². The molecule has 41 heavy (non-hydrogen) atoms. The molecule has 2 N–H and O–H groups in total. The molecule has 12 heteroatoms. The summed E-state index contributed by atoms with van der Waals surface area (Å²) in [5.74, 6) is 0.123. The Morgan fingerprint density at radius 3 is 1.15 bits per heavy atom. The smallest absolute Gasteiger partial charge is 0.314 e. The third-order valence-electron chi connectivity index (χ3n) is 4.79. The first kappa shape index (κ1) is 41.8. The van der Waals surface area contributed by atoms with Crippen LogP contribution in [0.1, 0.15) is 62.7 Å². The summed E-state index contributed by atoms with van der Waals surface area (Å²) in [4.78, 5) is 22.4. The topological polar surface area (TPSA) is 132 Å². The highest BCUT2D eigenvalue weighted by atomic mass is 16.6. The Kier molecular flexibility index (Phi) is 39.3. The minimum absolute atomic E-state index is 0. The number of carbonyl (C=O) groups is 2. The summed E-state index contributed by atoms with van der Waals surface area (Å²) in [6.45, 7) is 16.8. The number of carbonyl (C=O) groups excluding carboxylic acids is 2. The summed E-state index contributed by atoms with van der Waals surface area (Å²) >= 11 is 0. The van der Waals surface area contributed by atoms with Gasteiger partial charge in [-0.15, -0.1) is 0 Å². The first-order valence-electron chi connectivity index (χ1n) is 15.2. The highest BCUT2D eigenvalue weighted by Crippen LogP contribution is 1.93. The maximum atomic E-state index is 11.7. The molecular weight excluding hydrogens is 536 g/mol. The molecule has 0 atom stereocenters. The van der Waals surface area contributed by atoms with Gasteiger partial charge in [0.05, 0.1) is 99.1 Å². The van der Waals surface area contributed by atoms with Crippen molar-refractivity contribution < 1.29 is 50.3 Å². The molecule has 0 spiro atoms. The van der Waals surface area contributed by atoms with Gasteiger partial charge < -0.3 is 48.5 Å². The molecule has 0 aliphatic carbocycles. The lowest BCUT2D eigenvalue weighted by atomic mass is 10.3. The van der Waals surface area contributed by atoms with Gasteiger partial charge in [0.1, 0.15) is 5.78 Å². The van der Waals surface area contributed by atoms with Crippen LogP contribution in [0.3, 0.4) is 0 Å². The highest BCUT2D eigenvalue weighted by molar-refractivity contribution is 5.75. The maximum absolute atomic E-state index is 11.7. The van der Waals surface area contributed by atoms with E-state index in [-0.39, 0.29) is 14.7 Å². The van der Waals surface area contributed by atoms with Gasteiger partial charge >= 0.3 is 6.03 Å². The molecule has 0 heterocycles. The standard InChI is InChI=1S/C26H52N2O10.C3H8.2H2/c1-3-4-5-9-31-13-15-33-11-7-27-26(30)28-8-12-34-16-18-36-20-22-38-24-23-37-21-19-35-17-14-32-10-6-25(2)29;1-3-2;;/h3-24H2,1-2H3,(H2,27,28,30);3H2,1-2H3;2*1H. The fourth-order valence-electron chi connectivity index (χ4n) is 2.73. The molecular formula is C29H64N2O10. The Morgan fingerprint density at radius 1 is 0.488 bits per heavy atom. The zero-order valence-electron chi connectivity index (χ0n) is 26.3. The van der Waals surface area contributed by atoms with E-state index in [9.17, 15) is 9.59 Å². The molecule has 0 saturated heterocycles. The Hall–Kier alpha value is -1.38. The Labute approximate surface area is 251 Å². The van der Waals surface area contributed by atoms with Crippen LogP contribution in [-0.4, -0.2) is 131 Å². The molecule has 0 bridgehead atoms. The molecule has 0 aromatic heterocycles. The lowest BCUT2D eigenvalue weighted by molar-refractivity contribution is -0.118. The van der Waals surface area contributed by atoms with Gasteiger partial charge in [-0.1, -0.05) is 40.0 Å². The van der Waals surface area contributed by atoms with Gasteiger partial charge in [0, 0.05) is 29.0 Å². The van der Waals surface area contributed by atoms with Crippen LogP contribution < -0.4 is 10.6 Å². The predicted octanol–water partition coefficient (Wildman–Crippen LogP) is 3.50. The monoisotopic (exact) mass is 600 g/mol. The molecule has 0 aliphatic heterocycles. The molecule has 12 nitrogen and oxygen atoms in total. The summed E-state index contributed by atoms with van der Waals surface area (Å²) in [5, 5.41) is 5.45. The van der Waals surface area contributed by atoms with Crippen molar-refractivity contribution in [2.75, 3.05) is 119 Å². The fraction of sp³-hybridized carbons (Fsp3) is 0.931. The third kappa shape index (κ3) is 43.2. The van der Waals surface area contributed by atoms with Crippen molar-refractivity contribution >= 4 is 11.8 Å². The van der Waals surface area contributed by atoms with Gasteiger partial charge in [0.25, 0.3) is 0 Å². The number of Topliss-reactive ketones (excluding diaryl/α,β-unsaturated/α-hetero) is 1. The van der Waals surface area contributed by atoms with E-state index >= 15 is 0 Å². The lowest BCUT2D eigenvalue weighted by Crippen LogP contribution is -2.39. The predicted molar refractivity (Wildman–Crippen MR) is 163 cm³/mol. The Bertz CT molecular complexity index is 541. The van der Waals surface area contributed by atoms with Crippen LogP contribution in [0.4, 0.5) is 4.79 Å². The summed E-state index contributed by atoms with van der Waals surface area (Å²) in [6, 6.07) is -0.245. The fourth-order valence-corrected chi connectivity index (χ4v) is 2.73. The average molecular weight is 601 g/mol. The van der Waals surface area contributed by atoms with Gasteiger partial charge in [-0.25, -0.2) is 4.79 Å². The molecule has 0 unspecified atom stereocenters. The number of urea groups is 1. The van der Waals surface area contributed by atoms with Crippen molar-refractivity contribution in [2.45, 2.75) is 59.8 Å². The van der Waals surface area contributed by atoms with Crippen molar-refractivity contribution in [3.05, 3.63) is 0 Å². The van der Waals surface area contributed by atoms with Crippen LogP contribution in [0.2, 0.25) is 0 Å². The van der Waals surface area contributed by atoms with Gasteiger partial charge in [-0.05, 0) is 13.3 Å². The molecule has 0 radical (unpaired) electrons. The second-order valence-electron chi connectivity index (χ2n) is 8.95. The maximum Gasteiger partial charge on any atom is 0.314 e. The molecule has 0 aliphatic rings. The van der Waals surface area contributed by atoms with E-state index in [0.717, 1.165) is 13.0 Å². The van der Waals surface area contributed by atoms with Crippen LogP contribution in [-0.2, 0) is 42.7 Å². The van der Waals surface area contributed by atoms with Gasteiger partial charge in [-0.2, -0.15) is 0 Å². The lowest BCUT2D eigenvalue weighted by Gasteiger charge is -2.09. The SMILES string of the molecule is CCC.CCCCCOCCOCCNC(=O)NCCOCCOCCOCCOCCOCCOCCC(C)=O.[HH].[HH]. The van der Waals surface area contributed by atoms with E-state index in [1.165, 1.54) is 19.3 Å². The van der Waals surface area contributed by atoms with Crippen molar-refractivity contribution in [1.29, 1.82) is 0 Å². The summed E-state index contributed by atoms with van der Waals surface area (Å²) in [6.07, 6.45) is 5.15. The second kappa shape index (κ2) is 38.6. The van der Waals surface area contributed by atoms with Crippen molar-refractivity contribution in [2.24, 2.45) is 0 Å². The van der Waals surface area contributed by atoms with E-state index in [0.29, 0.717) is 119 Å². The molecule has 0 rings (SSSR count). The molecule has 250 valence electrons. The second-order valence-corrected chi connectivity index (χ2v) is 8.95. The summed E-state index contributed by atoms with van der Waals surface area (Å²) in [5.41, 5.74) is 0. The van der Waals surface area contributed by atoms with Crippen molar-refractivity contribution in [3.63, 3.8) is 0 Å². The van der Waals surface area contributed by atoms with E-state index in [1.54, 1.807) is 6.92 Å². The van der Waals surface area contributed by atoms with Crippen LogP contribution in [0.25, 0.3) is 0 Å². The van der Waals surface area contributed by atoms with E-state index in [2.05, 4.69) is 31.4 Å². The zero-order chi connectivity index (χ0) is 30.5. The number of hydrogen-bond acceptors (Lipinski definition) is 10. The normalized spacial score (nSPS) is 10.7. The number of rotatable bonds is 31. The first-order valence-corrected chi connectivity index (χ1v) is 15.2. The number of amides is 2. The number of unbranched alkanes of at least 4 members (excludes halogenated alkanes) is 2. The van der Waals surface area contributed by atoms with Crippen LogP contribution in [0, 0.1) is 0 Å². The quantitative estimate of drug-likeness (QED) is 0.114. The minimum Gasteiger partial charge on any atom is -0.379 e. The number of ketones is 1. The van der Waals surface area contributed by atoms with E-state index < -0.39 is 0 Å². The minimum atomic E-state index is -0.245. The number of ether oxygens (including phenoxy) is 8. The van der Waals surface area contributed by atoms with Gasteiger partial charge in [0.2, 0.25) is 0 Å². The van der Waals surface area contributed by atoms with E-state index in [4.69, 9.17) is 37.9 Å². The van der Waals surface area contributed by atoms with Gasteiger partial charge in [-0.3, -0.25) is 4.79 Å². The molecule has 0 aromatic carbocycles. The number of hydrogen-bond donors (Lipinski definition) is 2. The summed E-state index contributed by atoms with van der Waals surface area (Å²) in [7, 11) is 0. The van der Waals surface area contributed by atoms with Crippen LogP contribution >= 0.6 is 0 Å². The van der Waals surface area contributed by atoms with Gasteiger partial charge in [0.15, 0.2) is 0 Å². The number of nitrogens with one attached hydrogen (secondary N) is 2. The largest absolute Gasteiger partial charge is 0.379 e. The summed E-state index contributed by atoms with van der Waals surface area (Å²) < 4.78 is 43.2. The van der Waals surface area contributed by atoms with Crippen molar-refractivity contribution in [3.8, 4) is 0 Å². The molecule has 0 saturated carbocycles. The first-order chi connectivity index (χ1) is 20.1. The Morgan fingerprint density at radius 2 is 0.805 bits per heavy atom. The van der Waals surface area contributed by atoms with E-state index in [1.807, 2.05) is 0 Å². The zero-order valence-corrected chi connectivity index (χ0v) is 26.3. The van der Waals surface area contributed by atoms with Crippen LogP contribution in [0.15, 0.2) is 0 Å². The molecule has 0 fully saturated rings. The average Bonchev–Trinajstić information content (AvgIpc) is 2.95.